The van der Waals surface area contributed by atoms with E-state index in [1.807, 2.05) is 0 Å². The van der Waals surface area contributed by atoms with Crippen molar-refractivity contribution in [1.29, 1.82) is 0 Å². The molecule has 10 heteroatoms. The van der Waals surface area contributed by atoms with Gasteiger partial charge < -0.3 is 36.0 Å². The molecular weight excluding hydrogens is 526 g/mol. The molecule has 1 aliphatic rings. The molecule has 0 spiro atoms. The summed E-state index contributed by atoms with van der Waals surface area (Å²) >= 11 is 0. The Morgan fingerprint density at radius 1 is 0.854 bits per heavy atom. The first-order valence-corrected chi connectivity index (χ1v) is 16.1. The van der Waals surface area contributed by atoms with Crippen molar-refractivity contribution in [3.8, 4) is 0 Å². The first kappa shape index (κ1) is 41.4. The zero-order valence-corrected chi connectivity index (χ0v) is 26.6. The second-order valence-corrected chi connectivity index (χ2v) is 10.8. The lowest BCUT2D eigenvalue weighted by Crippen LogP contribution is -2.51. The van der Waals surface area contributed by atoms with Gasteiger partial charge in [-0.1, -0.05) is 104 Å². The molecule has 1 amide bonds. The van der Waals surface area contributed by atoms with Gasteiger partial charge in [0.2, 0.25) is 5.91 Å². The van der Waals surface area contributed by atoms with Gasteiger partial charge in [0, 0.05) is 19.5 Å². The van der Waals surface area contributed by atoms with Crippen LogP contribution in [0, 0.1) is 0 Å². The summed E-state index contributed by atoms with van der Waals surface area (Å²) in [6.45, 7) is 8.15. The molecule has 1 fully saturated rings. The lowest BCUT2D eigenvalue weighted by molar-refractivity contribution is -0.145. The number of hydrogen-bond donors (Lipinski definition) is 6. The minimum atomic E-state index is -1.23. The van der Waals surface area contributed by atoms with Crippen molar-refractivity contribution in [1.82, 2.24) is 16.0 Å². The van der Waals surface area contributed by atoms with Crippen LogP contribution < -0.4 is 16.0 Å². The molecule has 3 unspecified atom stereocenters. The number of nitrogens with one attached hydrogen (secondary N) is 3. The zero-order chi connectivity index (χ0) is 31.1. The topological polar surface area (TPSA) is 157 Å². The van der Waals surface area contributed by atoms with Crippen LogP contribution in [0.4, 0.5) is 0 Å². The van der Waals surface area contributed by atoms with Gasteiger partial charge in [-0.3, -0.25) is 9.59 Å². The molecule has 0 radical (unpaired) electrons. The van der Waals surface area contributed by atoms with E-state index < -0.39 is 18.0 Å². The van der Waals surface area contributed by atoms with Crippen molar-refractivity contribution in [2.45, 2.75) is 148 Å². The highest BCUT2D eigenvalue weighted by Gasteiger charge is 2.24. The van der Waals surface area contributed by atoms with Crippen molar-refractivity contribution >= 4 is 17.8 Å². The molecule has 3 atom stereocenters. The van der Waals surface area contributed by atoms with Gasteiger partial charge >= 0.3 is 11.9 Å². The minimum Gasteiger partial charge on any atom is -0.480 e. The SMILES string of the molecule is CC(O)C(=O)O.CCCCCCCCCCCCCCCCCC(=O)NC(CC)C1CNCCO1.CNCC(=O)O. The number of likely N-dealkylation sites (N-methyl/N-ethyl adjacent to an activating group) is 1. The lowest BCUT2D eigenvalue weighted by atomic mass is 10.0. The number of ether oxygens (including phenoxy) is 1. The van der Waals surface area contributed by atoms with Gasteiger partial charge in [0.1, 0.15) is 6.10 Å². The molecule has 0 saturated carbocycles. The van der Waals surface area contributed by atoms with Crippen molar-refractivity contribution < 1.29 is 34.4 Å². The molecule has 1 saturated heterocycles. The van der Waals surface area contributed by atoms with Gasteiger partial charge in [-0.2, -0.15) is 0 Å². The summed E-state index contributed by atoms with van der Waals surface area (Å²) in [6, 6.07) is 0.145. The number of aliphatic hydroxyl groups excluding tert-OH is 1. The molecular formula is C31H63N3O7. The first-order chi connectivity index (χ1) is 19.7. The fourth-order valence-corrected chi connectivity index (χ4v) is 4.39. The van der Waals surface area contributed by atoms with Crippen molar-refractivity contribution in [3.63, 3.8) is 0 Å². The van der Waals surface area contributed by atoms with E-state index in [1.54, 1.807) is 7.05 Å². The smallest absolute Gasteiger partial charge is 0.332 e. The lowest BCUT2D eigenvalue weighted by Gasteiger charge is -2.31. The molecule has 1 heterocycles. The van der Waals surface area contributed by atoms with Crippen LogP contribution in [0.5, 0.6) is 0 Å². The van der Waals surface area contributed by atoms with Gasteiger partial charge in [-0.25, -0.2) is 4.79 Å². The van der Waals surface area contributed by atoms with Crippen molar-refractivity contribution in [2.75, 3.05) is 33.3 Å². The average Bonchev–Trinajstić information content (AvgIpc) is 2.94. The van der Waals surface area contributed by atoms with Gasteiger partial charge in [-0.15, -0.1) is 0 Å². The minimum absolute atomic E-state index is 0.0417. The summed E-state index contributed by atoms with van der Waals surface area (Å²) in [4.78, 5) is 31.2. The normalized spacial score (nSPS) is 15.9. The number of rotatable bonds is 22. The van der Waals surface area contributed by atoms with Crippen molar-refractivity contribution in [3.05, 3.63) is 0 Å². The maximum absolute atomic E-state index is 12.2. The van der Waals surface area contributed by atoms with Crippen LogP contribution >= 0.6 is 0 Å². The summed E-state index contributed by atoms with van der Waals surface area (Å²) in [5.41, 5.74) is 0. The molecule has 41 heavy (non-hydrogen) atoms. The van der Waals surface area contributed by atoms with Crippen LogP contribution in [0.1, 0.15) is 130 Å². The summed E-state index contributed by atoms with van der Waals surface area (Å²) in [5.74, 6) is -1.81. The average molecular weight is 590 g/mol. The Balaban J connectivity index is 0. The van der Waals surface area contributed by atoms with E-state index in [0.717, 1.165) is 32.5 Å². The Labute approximate surface area is 249 Å². The van der Waals surface area contributed by atoms with E-state index in [2.05, 4.69) is 29.8 Å². The highest BCUT2D eigenvalue weighted by atomic mass is 16.5. The van der Waals surface area contributed by atoms with E-state index in [1.165, 1.54) is 96.8 Å². The number of carboxylic acids is 2. The maximum atomic E-state index is 12.2. The number of carbonyl (C=O) groups is 3. The van der Waals surface area contributed by atoms with Crippen LogP contribution in [0.15, 0.2) is 0 Å². The van der Waals surface area contributed by atoms with Gasteiger partial charge in [-0.05, 0) is 26.8 Å². The van der Waals surface area contributed by atoms with Crippen LogP contribution in [0.3, 0.4) is 0 Å². The Bertz CT molecular complexity index is 615. The fraction of sp³-hybridized carbons (Fsp3) is 0.903. The largest absolute Gasteiger partial charge is 0.480 e. The zero-order valence-electron chi connectivity index (χ0n) is 26.6. The van der Waals surface area contributed by atoms with E-state index in [0.29, 0.717) is 6.42 Å². The predicted molar refractivity (Wildman–Crippen MR) is 165 cm³/mol. The van der Waals surface area contributed by atoms with E-state index in [9.17, 15) is 14.4 Å². The van der Waals surface area contributed by atoms with Crippen LogP contribution in [0.25, 0.3) is 0 Å². The molecule has 1 aliphatic heterocycles. The summed E-state index contributed by atoms with van der Waals surface area (Å²) < 4.78 is 5.79. The third-order valence-electron chi connectivity index (χ3n) is 6.88. The number of carboxylic acid groups (broad SMARTS) is 2. The second-order valence-electron chi connectivity index (χ2n) is 10.8. The fourth-order valence-electron chi connectivity index (χ4n) is 4.39. The van der Waals surface area contributed by atoms with Gasteiger partial charge in [0.05, 0.1) is 25.3 Å². The highest BCUT2D eigenvalue weighted by Crippen LogP contribution is 2.14. The van der Waals surface area contributed by atoms with E-state index >= 15 is 0 Å². The number of amides is 1. The van der Waals surface area contributed by atoms with Gasteiger partial charge in [0.15, 0.2) is 0 Å². The Morgan fingerprint density at radius 3 is 1.63 bits per heavy atom. The standard InChI is InChI=1S/C25H50N2O2.C3H7NO2.C3H6O3/c1-3-5-6-7-8-9-10-11-12-13-14-15-16-17-18-19-25(28)27-23(4-2)24-22-26-20-21-29-24;1-4-2-3(5)6;1-2(4)3(5)6/h23-24,26H,3-22H2,1-2H3,(H,27,28);4H,2H2,1H3,(H,5,6);2,4H,1H3,(H,5,6). The molecule has 0 aromatic heterocycles. The first-order valence-electron chi connectivity index (χ1n) is 16.1. The summed E-state index contributed by atoms with van der Waals surface area (Å²) in [6.07, 6.45) is 20.8. The maximum Gasteiger partial charge on any atom is 0.332 e. The van der Waals surface area contributed by atoms with E-state index in [4.69, 9.17) is 20.1 Å². The molecule has 0 aromatic carbocycles. The van der Waals surface area contributed by atoms with Gasteiger partial charge in [0.25, 0.3) is 0 Å². The third kappa shape index (κ3) is 31.0. The molecule has 6 N–H and O–H groups in total. The van der Waals surface area contributed by atoms with Crippen LogP contribution in [-0.4, -0.2) is 84.7 Å². The van der Waals surface area contributed by atoms with Crippen LogP contribution in [-0.2, 0) is 19.1 Å². The molecule has 0 aromatic rings. The molecule has 0 aliphatic carbocycles. The number of aliphatic hydroxyl groups is 1. The second kappa shape index (κ2) is 31.2. The number of hydrogen-bond acceptors (Lipinski definition) is 7. The molecule has 1 rings (SSSR count). The third-order valence-corrected chi connectivity index (χ3v) is 6.88. The number of unbranched alkanes of at least 4 members (excludes halogenated alkanes) is 14. The predicted octanol–water partition coefficient (Wildman–Crippen LogP) is 4.87. The molecule has 244 valence electrons. The van der Waals surface area contributed by atoms with Crippen molar-refractivity contribution in [2.24, 2.45) is 0 Å². The quantitative estimate of drug-likeness (QED) is 0.0969. The Morgan fingerprint density at radius 2 is 1.32 bits per heavy atom. The monoisotopic (exact) mass is 589 g/mol. The number of morpholine rings is 1. The molecule has 10 nitrogen and oxygen atoms in total. The Kier molecular flexibility index (Phi) is 31.5. The highest BCUT2D eigenvalue weighted by molar-refractivity contribution is 5.76. The van der Waals surface area contributed by atoms with Crippen LogP contribution in [0.2, 0.25) is 0 Å². The summed E-state index contributed by atoms with van der Waals surface area (Å²) in [5, 5.41) is 32.6. The number of aliphatic carboxylic acids is 2. The molecule has 0 bridgehead atoms. The summed E-state index contributed by atoms with van der Waals surface area (Å²) in [7, 11) is 1.59. The number of carbonyl (C=O) groups excluding carboxylic acids is 1. The Hall–Kier alpha value is -1.75. The van der Waals surface area contributed by atoms with E-state index in [-0.39, 0.29) is 24.6 Å².